The Morgan fingerprint density at radius 3 is 2.85 bits per heavy atom. The lowest BCUT2D eigenvalue weighted by Gasteiger charge is -2.32. The van der Waals surface area contributed by atoms with Gasteiger partial charge in [0.15, 0.2) is 0 Å². The molecule has 0 aromatic carbocycles. The van der Waals surface area contributed by atoms with E-state index in [-0.39, 0.29) is 5.41 Å². The summed E-state index contributed by atoms with van der Waals surface area (Å²) in [6.45, 7) is 2.94. The highest BCUT2D eigenvalue weighted by atomic mass is 16.5. The number of ether oxygens (including phenoxy) is 1. The number of rotatable bonds is 0. The van der Waals surface area contributed by atoms with Crippen LogP contribution >= 0.6 is 0 Å². The van der Waals surface area contributed by atoms with Crippen molar-refractivity contribution in [1.29, 1.82) is 0 Å². The molecule has 0 radical (unpaired) electrons. The predicted molar refractivity (Wildman–Crippen MR) is 46.7 cm³/mol. The van der Waals surface area contributed by atoms with Crippen LogP contribution in [0.5, 0.6) is 0 Å². The summed E-state index contributed by atoms with van der Waals surface area (Å²) in [4.78, 5) is 12.2. The highest BCUT2D eigenvalue weighted by Gasteiger charge is 2.41. The van der Waals surface area contributed by atoms with Gasteiger partial charge in [-0.25, -0.2) is 4.79 Å². The van der Waals surface area contributed by atoms with Crippen LogP contribution in [-0.2, 0) is 4.74 Å². The fourth-order valence-electron chi connectivity index (χ4n) is 2.33. The third-order valence-corrected chi connectivity index (χ3v) is 3.11. The van der Waals surface area contributed by atoms with E-state index in [1.165, 1.54) is 4.90 Å². The molecule has 2 fully saturated rings. The van der Waals surface area contributed by atoms with Gasteiger partial charge in [0.2, 0.25) is 0 Å². The Hall–Kier alpha value is -0.770. The fraction of sp³-hybridized carbons (Fsp3) is 0.889. The van der Waals surface area contributed by atoms with Crippen molar-refractivity contribution in [2.75, 3.05) is 26.3 Å². The lowest BCUT2D eigenvalue weighted by Crippen LogP contribution is -2.36. The van der Waals surface area contributed by atoms with E-state index in [0.29, 0.717) is 13.1 Å². The fourth-order valence-corrected chi connectivity index (χ4v) is 2.33. The molecule has 0 aromatic rings. The van der Waals surface area contributed by atoms with Crippen LogP contribution in [0.1, 0.15) is 19.3 Å². The summed E-state index contributed by atoms with van der Waals surface area (Å²) in [7, 11) is 0. The molecule has 2 saturated heterocycles. The van der Waals surface area contributed by atoms with Crippen LogP contribution in [0.25, 0.3) is 0 Å². The second-order valence-corrected chi connectivity index (χ2v) is 4.11. The molecule has 0 saturated carbocycles. The average Bonchev–Trinajstić information content (AvgIpc) is 2.51. The monoisotopic (exact) mass is 185 g/mol. The quantitative estimate of drug-likeness (QED) is 0.616. The summed E-state index contributed by atoms with van der Waals surface area (Å²) in [5.41, 5.74) is 0.149. The first-order valence-corrected chi connectivity index (χ1v) is 4.78. The van der Waals surface area contributed by atoms with E-state index in [9.17, 15) is 4.79 Å². The number of amides is 1. The van der Waals surface area contributed by atoms with Crippen LogP contribution in [0.3, 0.4) is 0 Å². The smallest absolute Gasteiger partial charge is 0.407 e. The zero-order valence-corrected chi connectivity index (χ0v) is 7.66. The molecule has 0 aromatic heterocycles. The van der Waals surface area contributed by atoms with Gasteiger partial charge in [-0.3, -0.25) is 0 Å². The van der Waals surface area contributed by atoms with Gasteiger partial charge in [-0.15, -0.1) is 0 Å². The van der Waals surface area contributed by atoms with Crippen LogP contribution in [0.4, 0.5) is 4.79 Å². The van der Waals surface area contributed by atoms with Crippen LogP contribution in [0.15, 0.2) is 0 Å². The summed E-state index contributed by atoms with van der Waals surface area (Å²) < 4.78 is 5.42. The Morgan fingerprint density at radius 1 is 1.46 bits per heavy atom. The number of hydrogen-bond donors (Lipinski definition) is 1. The van der Waals surface area contributed by atoms with Crippen LogP contribution in [-0.4, -0.2) is 42.4 Å². The van der Waals surface area contributed by atoms with Gasteiger partial charge in [-0.05, 0) is 19.3 Å². The van der Waals surface area contributed by atoms with E-state index in [4.69, 9.17) is 9.84 Å². The molecule has 1 atom stereocenters. The van der Waals surface area contributed by atoms with Crippen molar-refractivity contribution in [3.8, 4) is 0 Å². The molecule has 2 aliphatic rings. The first-order valence-electron chi connectivity index (χ1n) is 4.78. The van der Waals surface area contributed by atoms with Gasteiger partial charge >= 0.3 is 6.09 Å². The zero-order chi connectivity index (χ0) is 9.31. The number of carboxylic acid groups (broad SMARTS) is 1. The zero-order valence-electron chi connectivity index (χ0n) is 7.66. The molecule has 0 unspecified atom stereocenters. The van der Waals surface area contributed by atoms with E-state index < -0.39 is 6.09 Å². The van der Waals surface area contributed by atoms with Crippen molar-refractivity contribution < 1.29 is 14.6 Å². The van der Waals surface area contributed by atoms with E-state index >= 15 is 0 Å². The highest BCUT2D eigenvalue weighted by Crippen LogP contribution is 2.37. The minimum Gasteiger partial charge on any atom is -0.465 e. The molecule has 2 aliphatic heterocycles. The third kappa shape index (κ3) is 1.63. The Balaban J connectivity index is 1.98. The molecule has 4 nitrogen and oxygen atoms in total. The molecule has 4 heteroatoms. The molecule has 1 N–H and O–H groups in total. The van der Waals surface area contributed by atoms with E-state index in [2.05, 4.69) is 0 Å². The standard InChI is InChI=1S/C9H15NO3/c11-8(12)10-4-3-9(6-10)2-1-5-13-7-9/h1-7H2,(H,11,12)/t9-/m1/s1. The van der Waals surface area contributed by atoms with E-state index in [1.807, 2.05) is 0 Å². The number of nitrogens with zero attached hydrogens (tertiary/aromatic N) is 1. The van der Waals surface area contributed by atoms with Gasteiger partial charge in [0.1, 0.15) is 0 Å². The average molecular weight is 185 g/mol. The predicted octanol–water partition coefficient (Wildman–Crippen LogP) is 1.17. The van der Waals surface area contributed by atoms with Crippen LogP contribution < -0.4 is 0 Å². The topological polar surface area (TPSA) is 49.8 Å². The van der Waals surface area contributed by atoms with Gasteiger partial charge in [0.25, 0.3) is 0 Å². The second kappa shape index (κ2) is 3.18. The number of hydrogen-bond acceptors (Lipinski definition) is 2. The largest absolute Gasteiger partial charge is 0.465 e. The molecule has 0 aliphatic carbocycles. The molecule has 2 rings (SSSR count). The summed E-state index contributed by atoms with van der Waals surface area (Å²) in [5.74, 6) is 0. The Labute approximate surface area is 77.5 Å². The van der Waals surface area contributed by atoms with Crippen LogP contribution in [0.2, 0.25) is 0 Å². The molecule has 1 spiro atoms. The maximum atomic E-state index is 10.7. The second-order valence-electron chi connectivity index (χ2n) is 4.11. The molecular formula is C9H15NO3. The lowest BCUT2D eigenvalue weighted by molar-refractivity contribution is -0.00142. The highest BCUT2D eigenvalue weighted by molar-refractivity contribution is 5.65. The molecule has 13 heavy (non-hydrogen) atoms. The molecule has 74 valence electrons. The summed E-state index contributed by atoms with van der Waals surface area (Å²) in [6, 6.07) is 0. The minimum atomic E-state index is -0.789. The van der Waals surface area contributed by atoms with Crippen molar-refractivity contribution >= 4 is 6.09 Å². The third-order valence-electron chi connectivity index (χ3n) is 3.11. The van der Waals surface area contributed by atoms with E-state index in [1.54, 1.807) is 0 Å². The van der Waals surface area contributed by atoms with Crippen molar-refractivity contribution in [2.24, 2.45) is 5.41 Å². The molecule has 0 bridgehead atoms. The number of carbonyl (C=O) groups is 1. The van der Waals surface area contributed by atoms with E-state index in [0.717, 1.165) is 32.5 Å². The van der Waals surface area contributed by atoms with Gasteiger partial charge in [-0.1, -0.05) is 0 Å². The SMILES string of the molecule is O=C(O)N1CC[C@]2(CCCOC2)C1. The van der Waals surface area contributed by atoms with Crippen LogP contribution in [0, 0.1) is 5.41 Å². The molecule has 2 heterocycles. The summed E-state index contributed by atoms with van der Waals surface area (Å²) >= 11 is 0. The Morgan fingerprint density at radius 2 is 2.31 bits per heavy atom. The van der Waals surface area contributed by atoms with Gasteiger partial charge in [0.05, 0.1) is 6.61 Å². The van der Waals surface area contributed by atoms with Gasteiger partial charge in [0, 0.05) is 25.1 Å². The first kappa shape index (κ1) is 8.81. The number of likely N-dealkylation sites (tertiary alicyclic amines) is 1. The van der Waals surface area contributed by atoms with Crippen molar-refractivity contribution in [2.45, 2.75) is 19.3 Å². The lowest BCUT2D eigenvalue weighted by atomic mass is 9.82. The maximum absolute atomic E-state index is 10.7. The van der Waals surface area contributed by atoms with Crippen molar-refractivity contribution in [3.63, 3.8) is 0 Å². The van der Waals surface area contributed by atoms with Crippen molar-refractivity contribution in [3.05, 3.63) is 0 Å². The first-order chi connectivity index (χ1) is 6.22. The van der Waals surface area contributed by atoms with Crippen molar-refractivity contribution in [1.82, 2.24) is 4.90 Å². The Kier molecular flexibility index (Phi) is 2.15. The van der Waals surface area contributed by atoms with Gasteiger partial charge in [-0.2, -0.15) is 0 Å². The maximum Gasteiger partial charge on any atom is 0.407 e. The molecule has 1 amide bonds. The minimum absolute atomic E-state index is 0.149. The normalized spacial score (nSPS) is 34.0. The molecular weight excluding hydrogens is 170 g/mol. The van der Waals surface area contributed by atoms with Gasteiger partial charge < -0.3 is 14.7 Å². The Bertz CT molecular complexity index is 211. The summed E-state index contributed by atoms with van der Waals surface area (Å²) in [5, 5.41) is 8.81. The summed E-state index contributed by atoms with van der Waals surface area (Å²) in [6.07, 6.45) is 2.38.